The summed E-state index contributed by atoms with van der Waals surface area (Å²) in [6.07, 6.45) is 4.68. The van der Waals surface area contributed by atoms with Crippen LogP contribution in [-0.4, -0.2) is 30.8 Å². The fraction of sp³-hybridized carbons (Fsp3) is 0.226. The monoisotopic (exact) mass is 522 g/mol. The summed E-state index contributed by atoms with van der Waals surface area (Å²) in [7, 11) is 0. The fourth-order valence-corrected chi connectivity index (χ4v) is 4.39. The lowest BCUT2D eigenvalue weighted by Crippen LogP contribution is -2.15. The van der Waals surface area contributed by atoms with Crippen molar-refractivity contribution >= 4 is 5.97 Å². The van der Waals surface area contributed by atoms with E-state index in [1.165, 1.54) is 0 Å². The van der Waals surface area contributed by atoms with Crippen LogP contribution < -0.4 is 4.74 Å². The van der Waals surface area contributed by atoms with Crippen LogP contribution in [0.3, 0.4) is 0 Å². The molecule has 0 radical (unpaired) electrons. The summed E-state index contributed by atoms with van der Waals surface area (Å²) in [6, 6.07) is 23.4. The van der Waals surface area contributed by atoms with Crippen LogP contribution in [-0.2, 0) is 24.4 Å². The molecule has 5 rings (SSSR count). The minimum atomic E-state index is -0.791. The van der Waals surface area contributed by atoms with E-state index in [0.717, 1.165) is 33.6 Å². The molecule has 0 aliphatic heterocycles. The van der Waals surface area contributed by atoms with Crippen LogP contribution in [0.1, 0.15) is 35.9 Å². The molecule has 8 heteroatoms. The maximum atomic E-state index is 11.7. The molecule has 1 atom stereocenters. The van der Waals surface area contributed by atoms with Gasteiger partial charge in [0.15, 0.2) is 0 Å². The molecular formula is C31H30N4O4. The number of rotatable bonds is 11. The molecule has 0 saturated carbocycles. The van der Waals surface area contributed by atoms with Crippen LogP contribution >= 0.6 is 0 Å². The number of ether oxygens (including phenoxy) is 1. The van der Waals surface area contributed by atoms with E-state index in [2.05, 4.69) is 9.97 Å². The van der Waals surface area contributed by atoms with Gasteiger partial charge in [-0.15, -0.1) is 0 Å². The van der Waals surface area contributed by atoms with Gasteiger partial charge in [-0.2, -0.15) is 5.10 Å². The number of nitrogens with zero attached hydrogens (tertiary/aromatic N) is 4. The first-order valence-corrected chi connectivity index (χ1v) is 12.9. The summed E-state index contributed by atoms with van der Waals surface area (Å²) >= 11 is 0. The Morgan fingerprint density at radius 1 is 1.03 bits per heavy atom. The van der Waals surface area contributed by atoms with Gasteiger partial charge in [0.05, 0.1) is 18.2 Å². The molecule has 0 saturated heterocycles. The number of pyridine rings is 1. The number of benzene rings is 2. The first kappa shape index (κ1) is 25.9. The molecule has 0 aliphatic carbocycles. The number of aryl methyl sites for hydroxylation is 1. The molecule has 0 spiro atoms. The molecule has 198 valence electrons. The number of carboxylic acid groups (broad SMARTS) is 1. The molecular weight excluding hydrogens is 492 g/mol. The van der Waals surface area contributed by atoms with Crippen molar-refractivity contribution < 1.29 is 19.1 Å². The van der Waals surface area contributed by atoms with Crippen LogP contribution in [0.5, 0.6) is 5.88 Å². The molecule has 0 amide bonds. The van der Waals surface area contributed by atoms with E-state index in [-0.39, 0.29) is 6.61 Å². The van der Waals surface area contributed by atoms with Crippen molar-refractivity contribution in [3.8, 4) is 28.6 Å². The van der Waals surface area contributed by atoms with Crippen LogP contribution in [0.15, 0.2) is 89.6 Å². The van der Waals surface area contributed by atoms with Crippen LogP contribution in [0.4, 0.5) is 0 Å². The SMILES string of the molecule is CCC(Cc1cn(Cc2ccc(OCc3nc(-c4ccccc4)oc3C)nc2)nc1-c1ccccc1)C(=O)O. The number of aliphatic carboxylic acids is 1. The summed E-state index contributed by atoms with van der Waals surface area (Å²) in [6.45, 7) is 4.52. The average molecular weight is 523 g/mol. The molecule has 1 N–H and O–H groups in total. The Labute approximate surface area is 226 Å². The zero-order chi connectivity index (χ0) is 27.2. The van der Waals surface area contributed by atoms with Crippen LogP contribution in [0.2, 0.25) is 0 Å². The van der Waals surface area contributed by atoms with Gasteiger partial charge in [0.2, 0.25) is 11.8 Å². The lowest BCUT2D eigenvalue weighted by Gasteiger charge is -2.09. The highest BCUT2D eigenvalue weighted by Gasteiger charge is 2.20. The Morgan fingerprint density at radius 2 is 1.74 bits per heavy atom. The summed E-state index contributed by atoms with van der Waals surface area (Å²) < 4.78 is 13.5. The first-order chi connectivity index (χ1) is 19.0. The van der Waals surface area contributed by atoms with Gasteiger partial charge in [-0.3, -0.25) is 9.48 Å². The molecule has 0 aliphatic rings. The molecule has 3 heterocycles. The van der Waals surface area contributed by atoms with E-state index >= 15 is 0 Å². The molecule has 39 heavy (non-hydrogen) atoms. The average Bonchev–Trinajstić information content (AvgIpc) is 3.54. The van der Waals surface area contributed by atoms with Gasteiger partial charge in [0.1, 0.15) is 18.1 Å². The molecule has 3 aromatic heterocycles. The second kappa shape index (κ2) is 11.8. The lowest BCUT2D eigenvalue weighted by molar-refractivity contribution is -0.141. The largest absolute Gasteiger partial charge is 0.481 e. The summed E-state index contributed by atoms with van der Waals surface area (Å²) in [5.41, 5.74) is 5.28. The predicted molar refractivity (Wildman–Crippen MR) is 147 cm³/mol. The highest BCUT2D eigenvalue weighted by molar-refractivity contribution is 5.71. The number of hydrogen-bond acceptors (Lipinski definition) is 6. The van der Waals surface area contributed by atoms with Crippen LogP contribution in [0.25, 0.3) is 22.7 Å². The molecule has 5 aromatic rings. The normalized spacial score (nSPS) is 11.8. The van der Waals surface area contributed by atoms with E-state index in [4.69, 9.17) is 14.3 Å². The zero-order valence-electron chi connectivity index (χ0n) is 21.9. The molecule has 0 bridgehead atoms. The second-order valence-electron chi connectivity index (χ2n) is 9.40. The van der Waals surface area contributed by atoms with E-state index in [1.54, 1.807) is 6.20 Å². The van der Waals surface area contributed by atoms with Gasteiger partial charge in [-0.25, -0.2) is 9.97 Å². The minimum absolute atomic E-state index is 0.250. The Kier molecular flexibility index (Phi) is 7.82. The molecule has 8 nitrogen and oxygen atoms in total. The van der Waals surface area contributed by atoms with E-state index in [0.29, 0.717) is 36.9 Å². The first-order valence-electron chi connectivity index (χ1n) is 12.9. The highest BCUT2D eigenvalue weighted by Crippen LogP contribution is 2.26. The summed E-state index contributed by atoms with van der Waals surface area (Å²) in [5.74, 6) is 0.516. The van der Waals surface area contributed by atoms with Crippen LogP contribution in [0, 0.1) is 12.8 Å². The topological polar surface area (TPSA) is 103 Å². The summed E-state index contributed by atoms with van der Waals surface area (Å²) in [4.78, 5) is 20.7. The van der Waals surface area contributed by atoms with Crippen molar-refractivity contribution in [3.05, 3.63) is 108 Å². The smallest absolute Gasteiger partial charge is 0.306 e. The maximum absolute atomic E-state index is 11.7. The Bertz CT molecular complexity index is 1530. The Hall–Kier alpha value is -4.72. The standard InChI is InChI=1S/C31H30N4O4/c1-3-23(31(36)37)16-26-19-35(34-29(26)24-10-6-4-7-11-24)18-22-14-15-28(32-17-22)38-20-27-21(2)39-30(33-27)25-12-8-5-9-13-25/h4-15,17,19,23H,3,16,18,20H2,1-2H3,(H,36,37). The van der Waals surface area contributed by atoms with Gasteiger partial charge in [-0.05, 0) is 43.0 Å². The van der Waals surface area contributed by atoms with E-state index in [9.17, 15) is 9.90 Å². The zero-order valence-corrected chi connectivity index (χ0v) is 21.9. The molecule has 0 fully saturated rings. The maximum Gasteiger partial charge on any atom is 0.306 e. The third kappa shape index (κ3) is 6.23. The highest BCUT2D eigenvalue weighted by atomic mass is 16.5. The van der Waals surface area contributed by atoms with Crippen molar-refractivity contribution in [2.24, 2.45) is 5.92 Å². The van der Waals surface area contributed by atoms with E-state index < -0.39 is 11.9 Å². The number of aromatic nitrogens is 4. The third-order valence-corrected chi connectivity index (χ3v) is 6.61. The lowest BCUT2D eigenvalue weighted by atomic mass is 9.95. The van der Waals surface area contributed by atoms with Gasteiger partial charge < -0.3 is 14.3 Å². The van der Waals surface area contributed by atoms with Gasteiger partial charge in [0.25, 0.3) is 0 Å². The van der Waals surface area contributed by atoms with Crippen molar-refractivity contribution in [1.29, 1.82) is 0 Å². The van der Waals surface area contributed by atoms with Gasteiger partial charge in [-0.1, -0.05) is 61.5 Å². The van der Waals surface area contributed by atoms with Crippen molar-refractivity contribution in [3.63, 3.8) is 0 Å². The number of carboxylic acids is 1. The number of hydrogen-bond donors (Lipinski definition) is 1. The van der Waals surface area contributed by atoms with Gasteiger partial charge in [0, 0.05) is 29.6 Å². The second-order valence-corrected chi connectivity index (χ2v) is 9.40. The molecule has 1 unspecified atom stereocenters. The number of carbonyl (C=O) groups is 1. The van der Waals surface area contributed by atoms with Gasteiger partial charge >= 0.3 is 5.97 Å². The Balaban J connectivity index is 1.27. The Morgan fingerprint density at radius 3 is 2.38 bits per heavy atom. The number of oxazole rings is 1. The van der Waals surface area contributed by atoms with E-state index in [1.807, 2.05) is 97.5 Å². The third-order valence-electron chi connectivity index (χ3n) is 6.61. The predicted octanol–water partition coefficient (Wildman–Crippen LogP) is 6.19. The summed E-state index contributed by atoms with van der Waals surface area (Å²) in [5, 5.41) is 14.4. The van der Waals surface area contributed by atoms with Crippen molar-refractivity contribution in [1.82, 2.24) is 19.7 Å². The molecule has 2 aromatic carbocycles. The van der Waals surface area contributed by atoms with Crippen molar-refractivity contribution in [2.45, 2.75) is 39.8 Å². The fourth-order valence-electron chi connectivity index (χ4n) is 4.39. The van der Waals surface area contributed by atoms with Crippen molar-refractivity contribution in [2.75, 3.05) is 0 Å². The minimum Gasteiger partial charge on any atom is -0.481 e. The quantitative estimate of drug-likeness (QED) is 0.221.